The third kappa shape index (κ3) is 4.66. The molecule has 9 heteroatoms. The molecule has 1 aliphatic heterocycles. The van der Waals surface area contributed by atoms with Gasteiger partial charge in [-0.1, -0.05) is 0 Å². The van der Waals surface area contributed by atoms with Crippen molar-refractivity contribution in [2.45, 2.75) is 12.8 Å². The number of pyridine rings is 1. The maximum Gasteiger partial charge on any atom is 0.225 e. The number of piperidine rings is 1. The molecule has 0 atom stereocenters. The zero-order valence-corrected chi connectivity index (χ0v) is 17.6. The first-order valence-corrected chi connectivity index (χ1v) is 10.3. The molecule has 0 amide bonds. The Hall–Kier alpha value is -2.29. The first-order chi connectivity index (χ1) is 14.1. The number of nitrogens with one attached hydrogen (secondary N) is 1. The number of hydrogen-bond donors (Lipinski definition) is 1. The van der Waals surface area contributed by atoms with Crippen LogP contribution >= 0.6 is 11.6 Å². The Labute approximate surface area is 175 Å². The van der Waals surface area contributed by atoms with E-state index < -0.39 is 0 Å². The molecule has 8 nitrogen and oxygen atoms in total. The van der Waals surface area contributed by atoms with E-state index in [9.17, 15) is 0 Å². The summed E-state index contributed by atoms with van der Waals surface area (Å²) in [7, 11) is 3.70. The molecule has 0 bridgehead atoms. The Balaban J connectivity index is 1.49. The van der Waals surface area contributed by atoms with Crippen molar-refractivity contribution in [2.24, 2.45) is 13.0 Å². The molecule has 0 aliphatic carbocycles. The van der Waals surface area contributed by atoms with Gasteiger partial charge in [0.2, 0.25) is 5.28 Å². The van der Waals surface area contributed by atoms with E-state index in [1.807, 2.05) is 23.7 Å². The molecule has 1 aliphatic rings. The molecule has 1 N–H and O–H groups in total. The Kier molecular flexibility index (Phi) is 6.22. The van der Waals surface area contributed by atoms with Crippen molar-refractivity contribution in [1.29, 1.82) is 0 Å². The minimum absolute atomic E-state index is 0.226. The first-order valence-electron chi connectivity index (χ1n) is 9.90. The lowest BCUT2D eigenvalue weighted by Crippen LogP contribution is -2.37. The van der Waals surface area contributed by atoms with Crippen molar-refractivity contribution < 1.29 is 4.74 Å². The summed E-state index contributed by atoms with van der Waals surface area (Å²) in [6, 6.07) is 3.86. The molecule has 0 aromatic carbocycles. The fourth-order valence-electron chi connectivity index (χ4n) is 3.73. The second kappa shape index (κ2) is 9.02. The number of ether oxygens (including phenoxy) is 1. The average molecular weight is 416 g/mol. The molecule has 1 saturated heterocycles. The summed E-state index contributed by atoms with van der Waals surface area (Å²) in [5.74, 6) is 1.28. The highest BCUT2D eigenvalue weighted by molar-refractivity contribution is 6.28. The molecule has 0 saturated carbocycles. The predicted octanol–water partition coefficient (Wildman–Crippen LogP) is 2.85. The van der Waals surface area contributed by atoms with Gasteiger partial charge in [-0.2, -0.15) is 4.98 Å². The monoisotopic (exact) mass is 415 g/mol. The third-order valence-electron chi connectivity index (χ3n) is 5.47. The van der Waals surface area contributed by atoms with Crippen LogP contribution < -0.4 is 5.32 Å². The van der Waals surface area contributed by atoms with Crippen LogP contribution in [0.5, 0.6) is 0 Å². The minimum Gasteiger partial charge on any atom is -0.383 e. The highest BCUT2D eigenvalue weighted by Crippen LogP contribution is 2.26. The van der Waals surface area contributed by atoms with Crippen LogP contribution in [0.4, 0.5) is 5.82 Å². The van der Waals surface area contributed by atoms with E-state index in [1.165, 1.54) is 0 Å². The normalized spacial score (nSPS) is 15.8. The number of methoxy groups -OCH3 is 1. The number of likely N-dealkylation sites (tertiary alicyclic amines) is 1. The highest BCUT2D eigenvalue weighted by atomic mass is 35.5. The minimum atomic E-state index is 0.226. The maximum atomic E-state index is 6.15. The number of rotatable bonds is 7. The van der Waals surface area contributed by atoms with E-state index in [4.69, 9.17) is 21.3 Å². The summed E-state index contributed by atoms with van der Waals surface area (Å²) in [5, 5.41) is 3.71. The third-order valence-corrected chi connectivity index (χ3v) is 5.64. The zero-order chi connectivity index (χ0) is 20.2. The molecule has 0 radical (unpaired) electrons. The van der Waals surface area contributed by atoms with Crippen molar-refractivity contribution in [3.63, 3.8) is 0 Å². The Morgan fingerprint density at radius 3 is 2.76 bits per heavy atom. The van der Waals surface area contributed by atoms with Gasteiger partial charge in [0, 0.05) is 27.2 Å². The summed E-state index contributed by atoms with van der Waals surface area (Å²) in [6.45, 7) is 4.84. The number of hydrogen-bond acceptors (Lipinski definition) is 7. The first kappa shape index (κ1) is 20.0. The number of anilines is 1. The second-order valence-corrected chi connectivity index (χ2v) is 7.79. The van der Waals surface area contributed by atoms with Crippen LogP contribution in [0.15, 0.2) is 24.7 Å². The molecule has 154 valence electrons. The number of aromatic nitrogens is 5. The van der Waals surface area contributed by atoms with Gasteiger partial charge < -0.3 is 19.5 Å². The summed E-state index contributed by atoms with van der Waals surface area (Å²) in [6.07, 6.45) is 5.87. The molecule has 1 fully saturated rings. The highest BCUT2D eigenvalue weighted by Gasteiger charge is 2.20. The predicted molar refractivity (Wildman–Crippen MR) is 114 cm³/mol. The van der Waals surface area contributed by atoms with Gasteiger partial charge in [0.25, 0.3) is 0 Å². The van der Waals surface area contributed by atoms with Gasteiger partial charge in [0.05, 0.1) is 36.0 Å². The van der Waals surface area contributed by atoms with E-state index in [2.05, 4.69) is 25.2 Å². The van der Waals surface area contributed by atoms with E-state index >= 15 is 0 Å². The number of fused-ring (bicyclic) bond motifs is 1. The smallest absolute Gasteiger partial charge is 0.225 e. The van der Waals surface area contributed by atoms with Crippen LogP contribution in [-0.4, -0.2) is 69.3 Å². The van der Waals surface area contributed by atoms with Crippen molar-refractivity contribution >= 4 is 28.5 Å². The molecule has 4 rings (SSSR count). The van der Waals surface area contributed by atoms with Gasteiger partial charge in [0.15, 0.2) is 5.82 Å². The zero-order valence-electron chi connectivity index (χ0n) is 16.8. The van der Waals surface area contributed by atoms with Crippen molar-refractivity contribution in [3.05, 3.63) is 29.9 Å². The molecule has 29 heavy (non-hydrogen) atoms. The fourth-order valence-corrected chi connectivity index (χ4v) is 3.91. The molecule has 0 spiro atoms. The van der Waals surface area contributed by atoms with Gasteiger partial charge in [-0.25, -0.2) is 15.0 Å². The van der Waals surface area contributed by atoms with Gasteiger partial charge in [-0.15, -0.1) is 0 Å². The van der Waals surface area contributed by atoms with Crippen LogP contribution in [0.2, 0.25) is 5.28 Å². The molecule has 0 unspecified atom stereocenters. The Morgan fingerprint density at radius 1 is 1.21 bits per heavy atom. The van der Waals surface area contributed by atoms with Crippen LogP contribution in [0.1, 0.15) is 12.8 Å². The molecular weight excluding hydrogens is 390 g/mol. The fraction of sp³-hybridized carbons (Fsp3) is 0.500. The summed E-state index contributed by atoms with van der Waals surface area (Å²) in [5.41, 5.74) is 3.23. The molecule has 3 aromatic heterocycles. The summed E-state index contributed by atoms with van der Waals surface area (Å²) in [4.78, 5) is 20.2. The van der Waals surface area contributed by atoms with Gasteiger partial charge >= 0.3 is 0 Å². The second-order valence-electron chi connectivity index (χ2n) is 7.45. The van der Waals surface area contributed by atoms with Crippen LogP contribution in [0, 0.1) is 5.92 Å². The lowest BCUT2D eigenvalue weighted by atomic mass is 9.97. The van der Waals surface area contributed by atoms with E-state index in [-0.39, 0.29) is 5.28 Å². The van der Waals surface area contributed by atoms with Gasteiger partial charge in [-0.3, -0.25) is 0 Å². The molecule has 4 heterocycles. The largest absolute Gasteiger partial charge is 0.383 e. The van der Waals surface area contributed by atoms with Gasteiger partial charge in [0.1, 0.15) is 5.52 Å². The van der Waals surface area contributed by atoms with Crippen molar-refractivity contribution in [1.82, 2.24) is 29.4 Å². The van der Waals surface area contributed by atoms with Crippen LogP contribution in [-0.2, 0) is 11.8 Å². The van der Waals surface area contributed by atoms with E-state index in [0.717, 1.165) is 68.0 Å². The quantitative estimate of drug-likeness (QED) is 0.594. The number of nitrogens with zero attached hydrogens (tertiary/aromatic N) is 6. The topological polar surface area (TPSA) is 81.0 Å². The number of imidazole rings is 1. The van der Waals surface area contributed by atoms with E-state index in [0.29, 0.717) is 11.7 Å². The van der Waals surface area contributed by atoms with E-state index in [1.54, 1.807) is 19.6 Å². The number of halogens is 1. The standard InChI is InChI=1S/C20H26ClN7O/c1-27-13-22-12-17(27)15-3-4-16-18(24-15)19(26-20(21)25-16)23-11-14-5-7-28(8-6-14)9-10-29-2/h3-4,12-14H,5-11H2,1-2H3,(H,23,25,26). The van der Waals surface area contributed by atoms with Crippen LogP contribution in [0.25, 0.3) is 22.4 Å². The summed E-state index contributed by atoms with van der Waals surface area (Å²) < 4.78 is 7.12. The molecular formula is C20H26ClN7O. The Bertz CT molecular complexity index is 969. The Morgan fingerprint density at radius 2 is 2.03 bits per heavy atom. The molecule has 3 aromatic rings. The number of aryl methyl sites for hydroxylation is 1. The summed E-state index contributed by atoms with van der Waals surface area (Å²) >= 11 is 6.15. The average Bonchev–Trinajstić information content (AvgIpc) is 3.16. The van der Waals surface area contributed by atoms with Crippen molar-refractivity contribution in [3.8, 4) is 11.4 Å². The van der Waals surface area contributed by atoms with Crippen LogP contribution in [0.3, 0.4) is 0 Å². The van der Waals surface area contributed by atoms with Crippen molar-refractivity contribution in [2.75, 3.05) is 45.2 Å². The van der Waals surface area contributed by atoms with Gasteiger partial charge in [-0.05, 0) is 55.6 Å². The lowest BCUT2D eigenvalue weighted by molar-refractivity contribution is 0.122. The lowest BCUT2D eigenvalue weighted by Gasteiger charge is -2.31. The SMILES string of the molecule is COCCN1CCC(CNc2nc(Cl)nc3ccc(-c4cncn4C)nc23)CC1. The maximum absolute atomic E-state index is 6.15.